The van der Waals surface area contributed by atoms with Gasteiger partial charge in [0.25, 0.3) is 0 Å². The van der Waals surface area contributed by atoms with Crippen LogP contribution in [0.25, 0.3) is 6.20 Å². The lowest BCUT2D eigenvalue weighted by Crippen LogP contribution is -2.17. The molecule has 3 nitrogen and oxygen atoms in total. The van der Waals surface area contributed by atoms with E-state index in [2.05, 4.69) is 23.9 Å². The second kappa shape index (κ2) is 6.24. The quantitative estimate of drug-likeness (QED) is 0.898. The Morgan fingerprint density at radius 3 is 2.84 bits per heavy atom. The first-order valence-corrected chi connectivity index (χ1v) is 6.69. The lowest BCUT2D eigenvalue weighted by Gasteiger charge is -2.14. The van der Waals surface area contributed by atoms with Gasteiger partial charge >= 0.3 is 0 Å². The van der Waals surface area contributed by atoms with Crippen molar-refractivity contribution in [2.75, 3.05) is 0 Å². The Bertz CT molecular complexity index is 578. The van der Waals surface area contributed by atoms with Crippen LogP contribution in [0.2, 0.25) is 10.0 Å². The molecule has 1 unspecified atom stereocenters. The van der Waals surface area contributed by atoms with Crippen molar-refractivity contribution in [2.24, 2.45) is 0 Å². The summed E-state index contributed by atoms with van der Waals surface area (Å²) in [6.45, 7) is 6.47. The third-order valence-electron chi connectivity index (χ3n) is 2.90. The van der Waals surface area contributed by atoms with Crippen LogP contribution in [0.3, 0.4) is 0 Å². The summed E-state index contributed by atoms with van der Waals surface area (Å²) in [6, 6.07) is 5.85. The monoisotopic (exact) mass is 295 g/mol. The number of hydrogen-bond donors (Lipinski definition) is 1. The van der Waals surface area contributed by atoms with Gasteiger partial charge < -0.3 is 5.32 Å². The predicted octanol–water partition coefficient (Wildman–Crippen LogP) is 4.14. The summed E-state index contributed by atoms with van der Waals surface area (Å²) in [5.74, 6) is 0. The van der Waals surface area contributed by atoms with Gasteiger partial charge in [-0.05, 0) is 24.6 Å². The lowest BCUT2D eigenvalue weighted by atomic mass is 10.1. The number of nitrogens with one attached hydrogen (secondary N) is 1. The SMILES string of the molecule is C=Cn1cc(CNC(C)c2ccc(Cl)c(Cl)c2)cn1. The van der Waals surface area contributed by atoms with Crippen molar-refractivity contribution >= 4 is 29.4 Å². The van der Waals surface area contributed by atoms with Crippen molar-refractivity contribution in [1.82, 2.24) is 15.1 Å². The van der Waals surface area contributed by atoms with Crippen LogP contribution < -0.4 is 5.32 Å². The van der Waals surface area contributed by atoms with E-state index in [0.717, 1.165) is 17.7 Å². The fourth-order valence-corrected chi connectivity index (χ4v) is 2.05. The smallest absolute Gasteiger partial charge is 0.0595 e. The highest BCUT2D eigenvalue weighted by molar-refractivity contribution is 6.42. The van der Waals surface area contributed by atoms with Crippen LogP contribution in [0.4, 0.5) is 0 Å². The zero-order valence-corrected chi connectivity index (χ0v) is 12.1. The molecule has 0 bridgehead atoms. The van der Waals surface area contributed by atoms with E-state index >= 15 is 0 Å². The van der Waals surface area contributed by atoms with Gasteiger partial charge in [0, 0.05) is 30.5 Å². The molecule has 0 spiro atoms. The number of nitrogens with zero attached hydrogens (tertiary/aromatic N) is 2. The minimum Gasteiger partial charge on any atom is -0.306 e. The van der Waals surface area contributed by atoms with E-state index in [1.165, 1.54) is 0 Å². The van der Waals surface area contributed by atoms with Crippen LogP contribution in [0, 0.1) is 0 Å². The highest BCUT2D eigenvalue weighted by atomic mass is 35.5. The van der Waals surface area contributed by atoms with E-state index in [4.69, 9.17) is 23.2 Å². The van der Waals surface area contributed by atoms with Gasteiger partial charge in [0.15, 0.2) is 0 Å². The van der Waals surface area contributed by atoms with Gasteiger partial charge in [-0.15, -0.1) is 0 Å². The van der Waals surface area contributed by atoms with E-state index in [9.17, 15) is 0 Å². The van der Waals surface area contributed by atoms with Crippen molar-refractivity contribution in [2.45, 2.75) is 19.5 Å². The van der Waals surface area contributed by atoms with Gasteiger partial charge in [-0.1, -0.05) is 35.8 Å². The average Bonchev–Trinajstić information content (AvgIpc) is 2.87. The van der Waals surface area contributed by atoms with Gasteiger partial charge in [0.1, 0.15) is 0 Å². The summed E-state index contributed by atoms with van der Waals surface area (Å²) in [5.41, 5.74) is 2.21. The van der Waals surface area contributed by atoms with E-state index in [1.807, 2.05) is 30.6 Å². The van der Waals surface area contributed by atoms with Crippen LogP contribution in [0.15, 0.2) is 37.2 Å². The standard InChI is InChI=1S/C14H15Cl2N3/c1-3-19-9-11(8-18-19)7-17-10(2)12-4-5-13(15)14(16)6-12/h3-6,8-10,17H,1,7H2,2H3. The Labute approximate surface area is 122 Å². The molecule has 0 amide bonds. The third kappa shape index (κ3) is 3.60. The summed E-state index contributed by atoms with van der Waals surface area (Å²) in [4.78, 5) is 0. The maximum atomic E-state index is 6.01. The summed E-state index contributed by atoms with van der Waals surface area (Å²) >= 11 is 11.9. The summed E-state index contributed by atoms with van der Waals surface area (Å²) < 4.78 is 1.68. The van der Waals surface area contributed by atoms with Crippen LogP contribution in [-0.4, -0.2) is 9.78 Å². The molecule has 1 heterocycles. The Kier molecular flexibility index (Phi) is 4.64. The van der Waals surface area contributed by atoms with Crippen LogP contribution >= 0.6 is 23.2 Å². The highest BCUT2D eigenvalue weighted by Crippen LogP contribution is 2.25. The van der Waals surface area contributed by atoms with E-state index in [0.29, 0.717) is 10.0 Å². The molecule has 0 fully saturated rings. The van der Waals surface area contributed by atoms with Gasteiger partial charge in [0.2, 0.25) is 0 Å². The molecule has 0 radical (unpaired) electrons. The molecule has 0 aliphatic carbocycles. The fraction of sp³-hybridized carbons (Fsp3) is 0.214. The average molecular weight is 296 g/mol. The summed E-state index contributed by atoms with van der Waals surface area (Å²) in [7, 11) is 0. The van der Waals surface area contributed by atoms with Gasteiger partial charge in [-0.3, -0.25) is 0 Å². The van der Waals surface area contributed by atoms with E-state index in [1.54, 1.807) is 10.9 Å². The zero-order valence-electron chi connectivity index (χ0n) is 10.6. The van der Waals surface area contributed by atoms with Gasteiger partial charge in [-0.2, -0.15) is 5.10 Å². The first kappa shape index (κ1) is 14.1. The van der Waals surface area contributed by atoms with Crippen molar-refractivity contribution in [3.63, 3.8) is 0 Å². The summed E-state index contributed by atoms with van der Waals surface area (Å²) in [6.07, 6.45) is 5.41. The zero-order chi connectivity index (χ0) is 13.8. The normalized spacial score (nSPS) is 12.4. The van der Waals surface area contributed by atoms with Crippen molar-refractivity contribution in [3.05, 3.63) is 58.3 Å². The molecule has 0 aliphatic heterocycles. The number of rotatable bonds is 5. The van der Waals surface area contributed by atoms with Gasteiger partial charge in [-0.25, -0.2) is 4.68 Å². The molecular formula is C14H15Cl2N3. The number of aromatic nitrogens is 2. The first-order chi connectivity index (χ1) is 9.10. The molecular weight excluding hydrogens is 281 g/mol. The maximum absolute atomic E-state index is 6.01. The van der Waals surface area contributed by atoms with Crippen LogP contribution in [0.5, 0.6) is 0 Å². The molecule has 0 aliphatic rings. The Balaban J connectivity index is 1.98. The number of benzene rings is 1. The lowest BCUT2D eigenvalue weighted by molar-refractivity contribution is 0.575. The molecule has 1 N–H and O–H groups in total. The molecule has 100 valence electrons. The minimum atomic E-state index is 0.182. The number of halogens is 2. The molecule has 0 saturated heterocycles. The maximum Gasteiger partial charge on any atom is 0.0595 e. The molecule has 2 rings (SSSR count). The minimum absolute atomic E-state index is 0.182. The largest absolute Gasteiger partial charge is 0.306 e. The second-order valence-electron chi connectivity index (χ2n) is 4.29. The predicted molar refractivity (Wildman–Crippen MR) is 80.3 cm³/mol. The Morgan fingerprint density at radius 1 is 1.42 bits per heavy atom. The van der Waals surface area contributed by atoms with Crippen molar-refractivity contribution in [3.8, 4) is 0 Å². The summed E-state index contributed by atoms with van der Waals surface area (Å²) in [5, 5.41) is 8.69. The second-order valence-corrected chi connectivity index (χ2v) is 5.10. The van der Waals surface area contributed by atoms with Crippen molar-refractivity contribution in [1.29, 1.82) is 0 Å². The number of hydrogen-bond acceptors (Lipinski definition) is 2. The highest BCUT2D eigenvalue weighted by Gasteiger charge is 2.07. The molecule has 1 atom stereocenters. The topological polar surface area (TPSA) is 29.9 Å². The van der Waals surface area contributed by atoms with E-state index < -0.39 is 0 Å². The van der Waals surface area contributed by atoms with Crippen LogP contribution in [-0.2, 0) is 6.54 Å². The molecule has 19 heavy (non-hydrogen) atoms. The van der Waals surface area contributed by atoms with E-state index in [-0.39, 0.29) is 6.04 Å². The molecule has 1 aromatic heterocycles. The molecule has 1 aromatic carbocycles. The molecule has 5 heteroatoms. The fourth-order valence-electron chi connectivity index (χ4n) is 1.74. The van der Waals surface area contributed by atoms with Crippen LogP contribution in [0.1, 0.15) is 24.1 Å². The third-order valence-corrected chi connectivity index (χ3v) is 3.64. The Morgan fingerprint density at radius 2 is 2.21 bits per heavy atom. The molecule has 0 saturated carbocycles. The van der Waals surface area contributed by atoms with Crippen molar-refractivity contribution < 1.29 is 0 Å². The Hall–Kier alpha value is -1.29. The van der Waals surface area contributed by atoms with Gasteiger partial charge in [0.05, 0.1) is 16.2 Å². The first-order valence-electron chi connectivity index (χ1n) is 5.94. The molecule has 2 aromatic rings.